The molecule has 1 aromatic rings. The van der Waals surface area contributed by atoms with Crippen LogP contribution in [0.5, 0.6) is 0 Å². The molecule has 1 aliphatic rings. The molecule has 2 rings (SSSR count). The number of carbonyl (C=O) groups excluding carboxylic acids is 2. The number of nitrogens with zero attached hydrogens (tertiary/aromatic N) is 1. The molecule has 0 saturated heterocycles. The highest BCUT2D eigenvalue weighted by molar-refractivity contribution is 5.90. The first-order chi connectivity index (χ1) is 9.95. The first-order valence-corrected chi connectivity index (χ1v) is 7.25. The van der Waals surface area contributed by atoms with Crippen molar-refractivity contribution < 1.29 is 14.3 Å². The third kappa shape index (κ3) is 3.40. The predicted octanol–water partition coefficient (Wildman–Crippen LogP) is 2.01. The number of aryl methyl sites for hydroxylation is 1. The van der Waals surface area contributed by atoms with Crippen LogP contribution in [-0.4, -0.2) is 24.0 Å². The van der Waals surface area contributed by atoms with Crippen molar-refractivity contribution in [2.75, 3.05) is 7.11 Å². The first kappa shape index (κ1) is 15.5. The van der Waals surface area contributed by atoms with E-state index >= 15 is 0 Å². The quantitative estimate of drug-likeness (QED) is 0.842. The third-order valence-electron chi connectivity index (χ3n) is 3.94. The van der Waals surface area contributed by atoms with Crippen LogP contribution in [0.25, 0.3) is 0 Å². The minimum atomic E-state index is -0.301. The summed E-state index contributed by atoms with van der Waals surface area (Å²) in [6.07, 6.45) is 2.31. The summed E-state index contributed by atoms with van der Waals surface area (Å²) in [6.45, 7) is 6.08. The monoisotopic (exact) mass is 290 g/mol. The molecule has 0 aromatic carbocycles. The molecule has 0 radical (unpaired) electrons. The lowest BCUT2D eigenvalue weighted by molar-refractivity contribution is -0.143. The first-order valence-electron chi connectivity index (χ1n) is 7.25. The fraction of sp³-hybridized carbons (Fsp3) is 0.562. The average molecular weight is 290 g/mol. The SMILES string of the molecule is COC(=O)[C@H]1C[C@@H]1C(=O)N[C@@H](c1ncccc1C)C(C)C. The third-order valence-corrected chi connectivity index (χ3v) is 3.94. The molecule has 0 bridgehead atoms. The van der Waals surface area contributed by atoms with Crippen molar-refractivity contribution in [3.63, 3.8) is 0 Å². The van der Waals surface area contributed by atoms with Crippen LogP contribution < -0.4 is 5.32 Å². The Morgan fingerprint density at radius 1 is 1.38 bits per heavy atom. The minimum absolute atomic E-state index is 0.0887. The summed E-state index contributed by atoms with van der Waals surface area (Å²) < 4.78 is 4.68. The fourth-order valence-corrected chi connectivity index (χ4v) is 2.53. The maximum Gasteiger partial charge on any atom is 0.309 e. The molecule has 0 aliphatic heterocycles. The van der Waals surface area contributed by atoms with Crippen molar-refractivity contribution >= 4 is 11.9 Å². The van der Waals surface area contributed by atoms with Gasteiger partial charge in [0, 0.05) is 6.20 Å². The van der Waals surface area contributed by atoms with E-state index in [1.54, 1.807) is 6.20 Å². The van der Waals surface area contributed by atoms with Crippen molar-refractivity contribution in [2.45, 2.75) is 33.2 Å². The average Bonchev–Trinajstić information content (AvgIpc) is 3.25. The number of carbonyl (C=O) groups is 2. The number of hydrogen-bond acceptors (Lipinski definition) is 4. The topological polar surface area (TPSA) is 68.3 Å². The molecule has 3 atom stereocenters. The van der Waals surface area contributed by atoms with Crippen LogP contribution in [0.3, 0.4) is 0 Å². The molecule has 1 aliphatic carbocycles. The Labute approximate surface area is 125 Å². The van der Waals surface area contributed by atoms with Gasteiger partial charge in [0.05, 0.1) is 30.7 Å². The van der Waals surface area contributed by atoms with Gasteiger partial charge in [0.15, 0.2) is 0 Å². The van der Waals surface area contributed by atoms with Crippen molar-refractivity contribution in [3.8, 4) is 0 Å². The number of aromatic nitrogens is 1. The Bertz CT molecular complexity index is 542. The Hall–Kier alpha value is -1.91. The number of methoxy groups -OCH3 is 1. The largest absolute Gasteiger partial charge is 0.469 e. The standard InChI is InChI=1S/C16H22N2O3/c1-9(2)13(14-10(3)6-5-7-17-14)18-15(19)11-8-12(11)16(20)21-4/h5-7,9,11-13H,8H2,1-4H3,(H,18,19)/t11-,12-,13+/m0/s1. The van der Waals surface area contributed by atoms with Crippen LogP contribution in [0, 0.1) is 24.7 Å². The van der Waals surface area contributed by atoms with Crippen LogP contribution in [0.15, 0.2) is 18.3 Å². The highest BCUT2D eigenvalue weighted by atomic mass is 16.5. The molecule has 5 nitrogen and oxygen atoms in total. The second-order valence-electron chi connectivity index (χ2n) is 5.91. The lowest BCUT2D eigenvalue weighted by Gasteiger charge is -2.23. The summed E-state index contributed by atoms with van der Waals surface area (Å²) in [7, 11) is 1.35. The zero-order valence-electron chi connectivity index (χ0n) is 12.9. The number of amides is 1. The number of pyridine rings is 1. The van der Waals surface area contributed by atoms with E-state index in [-0.39, 0.29) is 35.7 Å². The molecule has 1 heterocycles. The Kier molecular flexibility index (Phi) is 4.60. The van der Waals surface area contributed by atoms with Gasteiger partial charge in [0.2, 0.25) is 5.91 Å². The zero-order chi connectivity index (χ0) is 15.6. The zero-order valence-corrected chi connectivity index (χ0v) is 12.9. The molecule has 1 aromatic heterocycles. The number of nitrogens with one attached hydrogen (secondary N) is 1. The summed E-state index contributed by atoms with van der Waals surface area (Å²) in [5.41, 5.74) is 1.94. The van der Waals surface area contributed by atoms with Gasteiger partial charge in [-0.1, -0.05) is 19.9 Å². The van der Waals surface area contributed by atoms with E-state index < -0.39 is 0 Å². The van der Waals surface area contributed by atoms with Gasteiger partial charge < -0.3 is 10.1 Å². The molecular formula is C16H22N2O3. The van der Waals surface area contributed by atoms with Gasteiger partial charge in [0.25, 0.3) is 0 Å². The van der Waals surface area contributed by atoms with Crippen LogP contribution in [0.4, 0.5) is 0 Å². The van der Waals surface area contributed by atoms with Gasteiger partial charge in [-0.05, 0) is 30.9 Å². The van der Waals surface area contributed by atoms with E-state index in [1.165, 1.54) is 7.11 Å². The predicted molar refractivity (Wildman–Crippen MR) is 78.3 cm³/mol. The van der Waals surface area contributed by atoms with Gasteiger partial charge in [-0.15, -0.1) is 0 Å². The van der Waals surface area contributed by atoms with E-state index in [1.807, 2.05) is 32.9 Å². The molecule has 1 amide bonds. The summed E-state index contributed by atoms with van der Waals surface area (Å²) >= 11 is 0. The van der Waals surface area contributed by atoms with Gasteiger partial charge in [-0.25, -0.2) is 0 Å². The number of esters is 1. The molecular weight excluding hydrogens is 268 g/mol. The second kappa shape index (κ2) is 6.24. The molecule has 1 N–H and O–H groups in total. The Morgan fingerprint density at radius 2 is 2.10 bits per heavy atom. The van der Waals surface area contributed by atoms with E-state index in [4.69, 9.17) is 0 Å². The van der Waals surface area contributed by atoms with Gasteiger partial charge in [-0.2, -0.15) is 0 Å². The van der Waals surface area contributed by atoms with Crippen molar-refractivity contribution in [1.29, 1.82) is 0 Å². The summed E-state index contributed by atoms with van der Waals surface area (Å²) in [4.78, 5) is 28.1. The number of ether oxygens (including phenoxy) is 1. The van der Waals surface area contributed by atoms with Crippen molar-refractivity contribution in [3.05, 3.63) is 29.6 Å². The smallest absolute Gasteiger partial charge is 0.309 e. The Morgan fingerprint density at radius 3 is 2.67 bits per heavy atom. The number of hydrogen-bond donors (Lipinski definition) is 1. The summed E-state index contributed by atoms with van der Waals surface area (Å²) in [5, 5.41) is 3.04. The van der Waals surface area contributed by atoms with Crippen molar-refractivity contribution in [1.82, 2.24) is 10.3 Å². The molecule has 1 saturated carbocycles. The fourth-order valence-electron chi connectivity index (χ4n) is 2.53. The molecule has 0 spiro atoms. The highest BCUT2D eigenvalue weighted by Gasteiger charge is 2.49. The molecule has 1 fully saturated rings. The van der Waals surface area contributed by atoms with Crippen LogP contribution >= 0.6 is 0 Å². The van der Waals surface area contributed by atoms with E-state index in [0.717, 1.165) is 11.3 Å². The van der Waals surface area contributed by atoms with Crippen LogP contribution in [0.2, 0.25) is 0 Å². The van der Waals surface area contributed by atoms with E-state index in [0.29, 0.717) is 6.42 Å². The molecule has 114 valence electrons. The van der Waals surface area contributed by atoms with Crippen LogP contribution in [0.1, 0.15) is 37.6 Å². The van der Waals surface area contributed by atoms with Gasteiger partial charge in [-0.3, -0.25) is 14.6 Å². The lowest BCUT2D eigenvalue weighted by Crippen LogP contribution is -2.34. The second-order valence-corrected chi connectivity index (χ2v) is 5.91. The minimum Gasteiger partial charge on any atom is -0.469 e. The summed E-state index contributed by atoms with van der Waals surface area (Å²) in [6, 6.07) is 3.72. The maximum absolute atomic E-state index is 12.3. The van der Waals surface area contributed by atoms with Crippen LogP contribution in [-0.2, 0) is 14.3 Å². The number of rotatable bonds is 5. The lowest BCUT2D eigenvalue weighted by atomic mass is 9.97. The maximum atomic E-state index is 12.3. The van der Waals surface area contributed by atoms with Gasteiger partial charge >= 0.3 is 5.97 Å². The summed E-state index contributed by atoms with van der Waals surface area (Å²) in [5.74, 6) is -0.715. The molecule has 5 heteroatoms. The molecule has 21 heavy (non-hydrogen) atoms. The van der Waals surface area contributed by atoms with Crippen molar-refractivity contribution in [2.24, 2.45) is 17.8 Å². The highest BCUT2D eigenvalue weighted by Crippen LogP contribution is 2.40. The molecule has 0 unspecified atom stereocenters. The Balaban J connectivity index is 2.07. The normalized spacial score (nSPS) is 21.8. The van der Waals surface area contributed by atoms with Gasteiger partial charge in [0.1, 0.15) is 0 Å². The van der Waals surface area contributed by atoms with E-state index in [2.05, 4.69) is 15.0 Å². The van der Waals surface area contributed by atoms with E-state index in [9.17, 15) is 9.59 Å².